The van der Waals surface area contributed by atoms with Crippen LogP contribution in [0.15, 0.2) is 66.0 Å². The first kappa shape index (κ1) is 23.1. The summed E-state index contributed by atoms with van der Waals surface area (Å²) in [6, 6.07) is 17.9. The van der Waals surface area contributed by atoms with Gasteiger partial charge in [0.1, 0.15) is 16.3 Å². The number of hydrogen-bond donors (Lipinski definition) is 1. The third-order valence-electron chi connectivity index (χ3n) is 6.45. The Morgan fingerprint density at radius 2 is 1.91 bits per heavy atom. The molecule has 3 amide bonds. The lowest BCUT2D eigenvalue weighted by molar-refractivity contribution is 0.0583. The van der Waals surface area contributed by atoms with Crippen molar-refractivity contribution >= 4 is 39.2 Å². The number of aromatic nitrogens is 1. The summed E-state index contributed by atoms with van der Waals surface area (Å²) in [5, 5.41) is 5.91. The Bertz CT molecular complexity index is 1390. The second kappa shape index (κ2) is 9.54. The number of halogens is 1. The van der Waals surface area contributed by atoms with Gasteiger partial charge in [0.15, 0.2) is 0 Å². The van der Waals surface area contributed by atoms with Crippen LogP contribution in [0.25, 0.3) is 10.2 Å². The van der Waals surface area contributed by atoms with E-state index < -0.39 is 0 Å². The van der Waals surface area contributed by atoms with E-state index in [1.807, 2.05) is 60.2 Å². The van der Waals surface area contributed by atoms with E-state index in [9.17, 15) is 14.0 Å². The van der Waals surface area contributed by atoms with E-state index in [1.165, 1.54) is 17.4 Å². The Hall–Kier alpha value is -3.65. The second-order valence-corrected chi connectivity index (χ2v) is 9.88. The summed E-state index contributed by atoms with van der Waals surface area (Å²) >= 11 is 1.54. The van der Waals surface area contributed by atoms with Gasteiger partial charge in [0.25, 0.3) is 5.91 Å². The van der Waals surface area contributed by atoms with Crippen LogP contribution in [0.2, 0.25) is 0 Å². The number of nitrogens with one attached hydrogen (secondary N) is 1. The standard InChI is InChI=1S/C27H27FN4O2S/c1-18-6-5-8-22(14-18)29-27(34)31-12-11-30(16-19(31)2)25(33)24-15-20-10-13-35-26(20)32(24)17-21-7-3-4-9-23(21)28/h3-10,13-15,19H,11-12,16-17H2,1-2H3,(H,29,34)/t19-/m1/s1. The minimum atomic E-state index is -0.286. The first-order valence-electron chi connectivity index (χ1n) is 11.6. The second-order valence-electron chi connectivity index (χ2n) is 8.98. The smallest absolute Gasteiger partial charge is 0.322 e. The number of piperazine rings is 1. The maximum Gasteiger partial charge on any atom is 0.322 e. The van der Waals surface area contributed by atoms with E-state index >= 15 is 0 Å². The van der Waals surface area contributed by atoms with Gasteiger partial charge in [0.2, 0.25) is 0 Å². The summed E-state index contributed by atoms with van der Waals surface area (Å²) in [5.74, 6) is -0.388. The van der Waals surface area contributed by atoms with Gasteiger partial charge in [-0.05, 0) is 55.1 Å². The Balaban J connectivity index is 1.33. The molecule has 180 valence electrons. The molecule has 35 heavy (non-hydrogen) atoms. The number of benzene rings is 2. The topological polar surface area (TPSA) is 57.6 Å². The highest BCUT2D eigenvalue weighted by Crippen LogP contribution is 2.28. The van der Waals surface area contributed by atoms with Crippen LogP contribution in [0.3, 0.4) is 0 Å². The van der Waals surface area contributed by atoms with Crippen molar-refractivity contribution in [1.82, 2.24) is 14.4 Å². The summed E-state index contributed by atoms with van der Waals surface area (Å²) < 4.78 is 16.3. The molecule has 0 radical (unpaired) electrons. The highest BCUT2D eigenvalue weighted by atomic mass is 32.1. The van der Waals surface area contributed by atoms with Crippen molar-refractivity contribution in [2.75, 3.05) is 25.0 Å². The Morgan fingerprint density at radius 3 is 2.69 bits per heavy atom. The summed E-state index contributed by atoms with van der Waals surface area (Å²) in [6.07, 6.45) is 0. The monoisotopic (exact) mass is 490 g/mol. The van der Waals surface area contributed by atoms with Gasteiger partial charge in [-0.15, -0.1) is 11.3 Å². The van der Waals surface area contributed by atoms with Crippen molar-refractivity contribution in [2.24, 2.45) is 0 Å². The predicted octanol–water partition coefficient (Wildman–Crippen LogP) is 5.58. The molecule has 1 aliphatic heterocycles. The summed E-state index contributed by atoms with van der Waals surface area (Å²) in [7, 11) is 0. The van der Waals surface area contributed by atoms with Crippen LogP contribution in [-0.4, -0.2) is 52.0 Å². The molecule has 1 atom stereocenters. The van der Waals surface area contributed by atoms with Crippen LogP contribution in [-0.2, 0) is 6.54 Å². The maximum atomic E-state index is 14.4. The molecule has 1 aliphatic rings. The molecule has 0 aliphatic carbocycles. The van der Waals surface area contributed by atoms with Crippen LogP contribution in [0, 0.1) is 12.7 Å². The summed E-state index contributed by atoms with van der Waals surface area (Å²) in [4.78, 5) is 31.0. The molecule has 2 aromatic heterocycles. The van der Waals surface area contributed by atoms with Crippen LogP contribution in [0.1, 0.15) is 28.5 Å². The molecule has 3 heterocycles. The minimum Gasteiger partial charge on any atom is -0.334 e. The minimum absolute atomic E-state index is 0.102. The lowest BCUT2D eigenvalue weighted by Gasteiger charge is -2.39. The summed E-state index contributed by atoms with van der Waals surface area (Å²) in [5.41, 5.74) is 2.91. The van der Waals surface area contributed by atoms with Crippen molar-refractivity contribution in [3.8, 4) is 0 Å². The molecule has 0 unspecified atom stereocenters. The lowest BCUT2D eigenvalue weighted by atomic mass is 10.1. The lowest BCUT2D eigenvalue weighted by Crippen LogP contribution is -2.56. The normalized spacial score (nSPS) is 16.0. The number of anilines is 1. The number of fused-ring (bicyclic) bond motifs is 1. The van der Waals surface area contributed by atoms with Gasteiger partial charge in [-0.1, -0.05) is 30.3 Å². The van der Waals surface area contributed by atoms with Crippen LogP contribution >= 0.6 is 11.3 Å². The predicted molar refractivity (Wildman–Crippen MR) is 138 cm³/mol. The van der Waals surface area contributed by atoms with E-state index in [-0.39, 0.29) is 30.3 Å². The van der Waals surface area contributed by atoms with Crippen molar-refractivity contribution in [2.45, 2.75) is 26.4 Å². The van der Waals surface area contributed by atoms with Gasteiger partial charge >= 0.3 is 6.03 Å². The van der Waals surface area contributed by atoms with Crippen molar-refractivity contribution in [3.05, 3.63) is 88.7 Å². The zero-order chi connectivity index (χ0) is 24.5. The number of amides is 3. The first-order chi connectivity index (χ1) is 16.9. The third-order valence-corrected chi connectivity index (χ3v) is 7.40. The maximum absolute atomic E-state index is 14.4. The molecule has 1 saturated heterocycles. The molecular formula is C27H27FN4O2S. The first-order valence-corrected chi connectivity index (χ1v) is 12.5. The quantitative estimate of drug-likeness (QED) is 0.406. The average molecular weight is 491 g/mol. The van der Waals surface area contributed by atoms with Crippen molar-refractivity contribution in [1.29, 1.82) is 0 Å². The average Bonchev–Trinajstić information content (AvgIpc) is 3.42. The third kappa shape index (κ3) is 4.66. The fraction of sp³-hybridized carbons (Fsp3) is 0.259. The van der Waals surface area contributed by atoms with E-state index in [1.54, 1.807) is 28.0 Å². The van der Waals surface area contributed by atoms with Gasteiger partial charge in [0.05, 0.1) is 6.54 Å². The molecule has 0 saturated carbocycles. The van der Waals surface area contributed by atoms with E-state index in [2.05, 4.69) is 5.32 Å². The number of rotatable bonds is 4. The largest absolute Gasteiger partial charge is 0.334 e. The Labute approximate surface area is 207 Å². The molecule has 4 aromatic rings. The number of nitrogens with zero attached hydrogens (tertiary/aromatic N) is 3. The molecule has 1 fully saturated rings. The van der Waals surface area contributed by atoms with Gasteiger partial charge in [-0.25, -0.2) is 9.18 Å². The van der Waals surface area contributed by atoms with Gasteiger partial charge in [0, 0.05) is 42.3 Å². The van der Waals surface area contributed by atoms with Crippen LogP contribution in [0.5, 0.6) is 0 Å². The molecule has 6 nitrogen and oxygen atoms in total. The van der Waals surface area contributed by atoms with Crippen LogP contribution in [0.4, 0.5) is 14.9 Å². The van der Waals surface area contributed by atoms with Crippen LogP contribution < -0.4 is 5.32 Å². The van der Waals surface area contributed by atoms with Gasteiger partial charge in [-0.2, -0.15) is 0 Å². The van der Waals surface area contributed by atoms with Gasteiger partial charge < -0.3 is 19.7 Å². The zero-order valence-electron chi connectivity index (χ0n) is 19.7. The molecular weight excluding hydrogens is 463 g/mol. The number of carbonyl (C=O) groups excluding carboxylic acids is 2. The molecule has 0 spiro atoms. The number of aryl methyl sites for hydroxylation is 1. The number of hydrogen-bond acceptors (Lipinski definition) is 3. The number of urea groups is 1. The van der Waals surface area contributed by atoms with Crippen molar-refractivity contribution < 1.29 is 14.0 Å². The highest BCUT2D eigenvalue weighted by Gasteiger charge is 2.32. The van der Waals surface area contributed by atoms with Crippen molar-refractivity contribution in [3.63, 3.8) is 0 Å². The molecule has 0 bridgehead atoms. The number of thiophene rings is 1. The zero-order valence-corrected chi connectivity index (χ0v) is 20.5. The molecule has 2 aromatic carbocycles. The Kier molecular flexibility index (Phi) is 6.30. The molecule has 1 N–H and O–H groups in total. The number of carbonyl (C=O) groups is 2. The van der Waals surface area contributed by atoms with Gasteiger partial charge in [-0.3, -0.25) is 4.79 Å². The molecule has 8 heteroatoms. The van der Waals surface area contributed by atoms with E-state index in [0.717, 1.165) is 21.5 Å². The Morgan fingerprint density at radius 1 is 1.09 bits per heavy atom. The molecule has 5 rings (SSSR count). The fourth-order valence-electron chi connectivity index (χ4n) is 4.63. The SMILES string of the molecule is Cc1cccc(NC(=O)N2CCN(C(=O)c3cc4ccsc4n3Cc3ccccc3F)C[C@H]2C)c1. The van der Waals surface area contributed by atoms with E-state index in [4.69, 9.17) is 0 Å². The highest BCUT2D eigenvalue weighted by molar-refractivity contribution is 7.16. The summed E-state index contributed by atoms with van der Waals surface area (Å²) in [6.45, 7) is 5.52. The fourth-order valence-corrected chi connectivity index (χ4v) is 5.53. The van der Waals surface area contributed by atoms with E-state index in [0.29, 0.717) is 30.9 Å².